The maximum absolute atomic E-state index is 12.6. The van der Waals surface area contributed by atoms with Gasteiger partial charge in [0.2, 0.25) is 17.7 Å². The number of carbonyl (C=O) groups excluding carboxylic acids is 3. The zero-order valence-electron chi connectivity index (χ0n) is 19.2. The third-order valence-electron chi connectivity index (χ3n) is 4.59. The van der Waals surface area contributed by atoms with Crippen LogP contribution in [-0.4, -0.2) is 89.2 Å². The second-order valence-corrected chi connectivity index (χ2v) is 8.70. The first-order valence-electron chi connectivity index (χ1n) is 10.5. The molecule has 0 heterocycles. The van der Waals surface area contributed by atoms with E-state index in [1.807, 2.05) is 6.26 Å². The van der Waals surface area contributed by atoms with E-state index in [4.69, 9.17) is 17.2 Å². The highest BCUT2D eigenvalue weighted by Crippen LogP contribution is 2.06. The first kappa shape index (κ1) is 30.4. The van der Waals surface area contributed by atoms with Gasteiger partial charge in [0, 0.05) is 6.54 Å². The Hall–Kier alpha value is -2.58. The molecule has 0 unspecified atom stereocenters. The fourth-order valence-electron chi connectivity index (χ4n) is 2.67. The molecule has 0 saturated carbocycles. The van der Waals surface area contributed by atoms with Crippen LogP contribution >= 0.6 is 11.8 Å². The molecule has 14 heteroatoms. The lowest BCUT2D eigenvalue weighted by Gasteiger charge is -2.26. The van der Waals surface area contributed by atoms with Crippen molar-refractivity contribution in [2.24, 2.45) is 28.1 Å². The summed E-state index contributed by atoms with van der Waals surface area (Å²) in [5.41, 5.74) is 16.2. The van der Waals surface area contributed by atoms with E-state index in [0.717, 1.165) is 0 Å². The zero-order chi connectivity index (χ0) is 25.6. The average molecular weight is 492 g/mol. The van der Waals surface area contributed by atoms with Crippen molar-refractivity contribution in [1.29, 1.82) is 0 Å². The van der Waals surface area contributed by atoms with Crippen LogP contribution in [0, 0.1) is 5.92 Å². The number of amides is 3. The molecule has 4 atom stereocenters. The number of aliphatic carboxylic acids is 1. The lowest BCUT2D eigenvalue weighted by atomic mass is 10.0. The van der Waals surface area contributed by atoms with Crippen LogP contribution in [0.15, 0.2) is 4.99 Å². The van der Waals surface area contributed by atoms with Crippen LogP contribution < -0.4 is 33.2 Å². The summed E-state index contributed by atoms with van der Waals surface area (Å²) in [7, 11) is 0. The number of rotatable bonds is 16. The Balaban J connectivity index is 5.02. The number of nitrogens with two attached hydrogens (primary N) is 3. The quantitative estimate of drug-likeness (QED) is 0.0632. The topological polar surface area (TPSA) is 235 Å². The molecule has 3 amide bonds. The number of guanidine groups is 1. The summed E-state index contributed by atoms with van der Waals surface area (Å²) in [5, 5.41) is 26.1. The van der Waals surface area contributed by atoms with Crippen molar-refractivity contribution < 1.29 is 29.4 Å². The molecule has 0 fully saturated rings. The number of carboxylic acids is 1. The van der Waals surface area contributed by atoms with E-state index in [2.05, 4.69) is 20.9 Å². The molecule has 0 aromatic carbocycles. The molecule has 11 N–H and O–H groups in total. The van der Waals surface area contributed by atoms with Gasteiger partial charge >= 0.3 is 5.97 Å². The maximum atomic E-state index is 12.6. The van der Waals surface area contributed by atoms with E-state index >= 15 is 0 Å². The number of aliphatic hydroxyl groups excluding tert-OH is 1. The Bertz CT molecular complexity index is 688. The minimum atomic E-state index is -1.35. The standard InChI is InChI=1S/C19H37N7O6S/c1-10(2)14(17(30)24-12(18(31)32)6-8-33-3)26-16(29)13(9-27)25-15(28)11(20)5-4-7-23-19(21)22/h10-14,27H,4-9,20H2,1-3H3,(H,24,30)(H,25,28)(H,26,29)(H,31,32)(H4,21,22,23)/t11-,12-,13-,14-/m0/s1. The number of aliphatic imine (C=N–C) groups is 1. The second-order valence-electron chi connectivity index (χ2n) is 7.71. The van der Waals surface area contributed by atoms with Gasteiger partial charge in [-0.2, -0.15) is 11.8 Å². The summed E-state index contributed by atoms with van der Waals surface area (Å²) in [6.07, 6.45) is 2.71. The van der Waals surface area contributed by atoms with E-state index in [9.17, 15) is 29.4 Å². The molecule has 0 spiro atoms. The molecule has 0 aliphatic heterocycles. The van der Waals surface area contributed by atoms with Crippen molar-refractivity contribution in [3.63, 3.8) is 0 Å². The van der Waals surface area contributed by atoms with Gasteiger partial charge in [0.05, 0.1) is 12.6 Å². The molecule has 190 valence electrons. The van der Waals surface area contributed by atoms with Crippen LogP contribution in [0.1, 0.15) is 33.1 Å². The van der Waals surface area contributed by atoms with Gasteiger partial charge < -0.3 is 43.4 Å². The molecule has 0 saturated heterocycles. The molecule has 0 aromatic rings. The van der Waals surface area contributed by atoms with Gasteiger partial charge in [-0.1, -0.05) is 13.8 Å². The molecule has 33 heavy (non-hydrogen) atoms. The van der Waals surface area contributed by atoms with Gasteiger partial charge in [0.15, 0.2) is 5.96 Å². The summed E-state index contributed by atoms with van der Waals surface area (Å²) in [4.78, 5) is 52.7. The van der Waals surface area contributed by atoms with Crippen molar-refractivity contribution in [2.75, 3.05) is 25.2 Å². The van der Waals surface area contributed by atoms with E-state index in [0.29, 0.717) is 12.2 Å². The van der Waals surface area contributed by atoms with Crippen LogP contribution in [0.2, 0.25) is 0 Å². The molecular weight excluding hydrogens is 454 g/mol. The molecule has 0 rings (SSSR count). The Morgan fingerprint density at radius 3 is 2.06 bits per heavy atom. The first-order valence-corrected chi connectivity index (χ1v) is 11.9. The van der Waals surface area contributed by atoms with Crippen molar-refractivity contribution in [3.05, 3.63) is 0 Å². The maximum Gasteiger partial charge on any atom is 0.326 e. The number of thioether (sulfide) groups is 1. The third kappa shape index (κ3) is 12.3. The van der Waals surface area contributed by atoms with Crippen LogP contribution in [0.3, 0.4) is 0 Å². The van der Waals surface area contributed by atoms with Crippen molar-refractivity contribution >= 4 is 41.4 Å². The summed E-state index contributed by atoms with van der Waals surface area (Å²) in [5.74, 6) is -3.26. The molecule has 0 aromatic heterocycles. The molecular formula is C19H37N7O6S. The lowest BCUT2D eigenvalue weighted by Crippen LogP contribution is -2.59. The van der Waals surface area contributed by atoms with Crippen LogP contribution in [-0.2, 0) is 19.2 Å². The molecule has 0 radical (unpaired) electrons. The van der Waals surface area contributed by atoms with Gasteiger partial charge in [-0.15, -0.1) is 0 Å². The number of nitrogens with one attached hydrogen (secondary N) is 3. The van der Waals surface area contributed by atoms with Crippen LogP contribution in [0.25, 0.3) is 0 Å². The minimum absolute atomic E-state index is 0.0762. The first-order chi connectivity index (χ1) is 15.4. The smallest absolute Gasteiger partial charge is 0.326 e. The molecule has 0 aliphatic rings. The highest BCUT2D eigenvalue weighted by molar-refractivity contribution is 7.98. The Kier molecular flexibility index (Phi) is 14.8. The van der Waals surface area contributed by atoms with Gasteiger partial charge in [0.25, 0.3) is 0 Å². The second kappa shape index (κ2) is 16.1. The fourth-order valence-corrected chi connectivity index (χ4v) is 3.14. The highest BCUT2D eigenvalue weighted by atomic mass is 32.2. The number of hydrogen-bond donors (Lipinski definition) is 8. The lowest BCUT2D eigenvalue weighted by molar-refractivity contribution is -0.142. The van der Waals surface area contributed by atoms with E-state index in [1.54, 1.807) is 13.8 Å². The van der Waals surface area contributed by atoms with Gasteiger partial charge in [0.1, 0.15) is 18.1 Å². The van der Waals surface area contributed by atoms with Gasteiger partial charge in [-0.3, -0.25) is 19.4 Å². The monoisotopic (exact) mass is 491 g/mol. The molecule has 0 bridgehead atoms. The fraction of sp³-hybridized carbons (Fsp3) is 0.737. The minimum Gasteiger partial charge on any atom is -0.480 e. The SMILES string of the molecule is CSCC[C@H](NC(=O)[C@@H](NC(=O)[C@H](CO)NC(=O)[C@@H](N)CCCN=C(N)N)C(C)C)C(=O)O. The predicted octanol–water partition coefficient (Wildman–Crippen LogP) is -2.69. The number of hydrogen-bond acceptors (Lipinski definition) is 8. The Morgan fingerprint density at radius 1 is 0.970 bits per heavy atom. The Morgan fingerprint density at radius 2 is 1.58 bits per heavy atom. The normalized spacial score (nSPS) is 14.5. The average Bonchev–Trinajstić information content (AvgIpc) is 2.74. The molecule has 13 nitrogen and oxygen atoms in total. The number of aliphatic hydroxyl groups is 1. The molecule has 0 aliphatic carbocycles. The third-order valence-corrected chi connectivity index (χ3v) is 5.24. The number of carboxylic acid groups (broad SMARTS) is 1. The van der Waals surface area contributed by atoms with E-state index in [-0.39, 0.29) is 25.3 Å². The Labute approximate surface area is 197 Å². The summed E-state index contributed by atoms with van der Waals surface area (Å²) in [6.45, 7) is 2.89. The van der Waals surface area contributed by atoms with E-state index < -0.39 is 60.4 Å². The largest absolute Gasteiger partial charge is 0.480 e. The van der Waals surface area contributed by atoms with Crippen molar-refractivity contribution in [3.8, 4) is 0 Å². The summed E-state index contributed by atoms with van der Waals surface area (Å²) in [6, 6.07) is -4.48. The number of nitrogens with zero attached hydrogens (tertiary/aromatic N) is 1. The number of carbonyl (C=O) groups is 4. The highest BCUT2D eigenvalue weighted by Gasteiger charge is 2.31. The van der Waals surface area contributed by atoms with Crippen LogP contribution in [0.4, 0.5) is 0 Å². The van der Waals surface area contributed by atoms with Crippen molar-refractivity contribution in [1.82, 2.24) is 16.0 Å². The van der Waals surface area contributed by atoms with E-state index in [1.165, 1.54) is 11.8 Å². The van der Waals surface area contributed by atoms with Gasteiger partial charge in [-0.25, -0.2) is 4.79 Å². The van der Waals surface area contributed by atoms with Crippen molar-refractivity contribution in [2.45, 2.75) is 57.3 Å². The summed E-state index contributed by atoms with van der Waals surface area (Å²) < 4.78 is 0. The zero-order valence-corrected chi connectivity index (χ0v) is 20.1. The van der Waals surface area contributed by atoms with Gasteiger partial charge in [-0.05, 0) is 37.2 Å². The van der Waals surface area contributed by atoms with Crippen LogP contribution in [0.5, 0.6) is 0 Å². The predicted molar refractivity (Wildman–Crippen MR) is 126 cm³/mol. The summed E-state index contributed by atoms with van der Waals surface area (Å²) >= 11 is 1.44.